The Morgan fingerprint density at radius 3 is 2.78 bits per heavy atom. The number of nitro groups is 1. The van der Waals surface area contributed by atoms with Crippen LogP contribution in [0.5, 0.6) is 5.75 Å². The summed E-state index contributed by atoms with van der Waals surface area (Å²) in [6.45, 7) is 0.142. The van der Waals surface area contributed by atoms with Gasteiger partial charge in [-0.1, -0.05) is 0 Å². The fourth-order valence-corrected chi connectivity index (χ4v) is 1.57. The maximum atomic E-state index is 10.9. The molecule has 7 nitrogen and oxygen atoms in total. The van der Waals surface area contributed by atoms with Gasteiger partial charge in [0.1, 0.15) is 5.75 Å². The molecule has 0 spiro atoms. The molecule has 98 valence electrons. The van der Waals surface area contributed by atoms with Gasteiger partial charge in [0.05, 0.1) is 15.5 Å². The van der Waals surface area contributed by atoms with Crippen molar-refractivity contribution in [3.05, 3.63) is 32.8 Å². The lowest BCUT2D eigenvalue weighted by atomic mass is 10.2. The fraction of sp³-hybridized carbons (Fsp3) is 0.300. The molecule has 3 N–H and O–H groups in total. The van der Waals surface area contributed by atoms with Crippen LogP contribution in [-0.4, -0.2) is 28.6 Å². The van der Waals surface area contributed by atoms with Gasteiger partial charge in [0.25, 0.3) is 5.69 Å². The summed E-state index contributed by atoms with van der Waals surface area (Å²) in [5, 5.41) is 19.5. The van der Waals surface area contributed by atoms with Gasteiger partial charge in [-0.15, -0.1) is 0 Å². The zero-order valence-electron chi connectivity index (χ0n) is 9.21. The quantitative estimate of drug-likeness (QED) is 0.607. The van der Waals surface area contributed by atoms with E-state index in [4.69, 9.17) is 15.6 Å². The average Bonchev–Trinajstić information content (AvgIpc) is 2.30. The van der Waals surface area contributed by atoms with Gasteiger partial charge < -0.3 is 15.6 Å². The number of carbonyl (C=O) groups is 1. The number of hydrogen-bond acceptors (Lipinski definition) is 5. The number of nitro benzene ring substituents is 1. The third-order valence-electron chi connectivity index (χ3n) is 2.10. The van der Waals surface area contributed by atoms with E-state index in [1.807, 2.05) is 0 Å². The highest BCUT2D eigenvalue weighted by Gasteiger charge is 2.21. The van der Waals surface area contributed by atoms with Gasteiger partial charge in [0.2, 0.25) is 0 Å². The molecule has 0 aliphatic rings. The molecular formula is C10H11BrN2O5. The molecular weight excluding hydrogens is 308 g/mol. The second kappa shape index (κ2) is 6.31. The van der Waals surface area contributed by atoms with E-state index in [2.05, 4.69) is 15.9 Å². The Hall–Kier alpha value is -1.67. The number of halogens is 1. The molecule has 1 rings (SSSR count). The topological polar surface area (TPSA) is 116 Å². The second-order valence-electron chi connectivity index (χ2n) is 3.39. The van der Waals surface area contributed by atoms with Gasteiger partial charge in [-0.3, -0.25) is 10.1 Å². The number of rotatable bonds is 6. The minimum absolute atomic E-state index is 0.102. The van der Waals surface area contributed by atoms with Crippen LogP contribution in [0.25, 0.3) is 0 Å². The van der Waals surface area contributed by atoms with Crippen molar-refractivity contribution < 1.29 is 19.6 Å². The standard InChI is InChI=1S/C10H11BrN2O5/c11-7-2-1-6(13(16)17)5-9(7)18-8(3-4-12)10(14)15/h1-2,5,8H,3-4,12H2,(H,14,15). The van der Waals surface area contributed by atoms with Crippen molar-refractivity contribution in [2.24, 2.45) is 5.73 Å². The zero-order valence-corrected chi connectivity index (χ0v) is 10.8. The first-order valence-electron chi connectivity index (χ1n) is 4.99. The van der Waals surface area contributed by atoms with Crippen LogP contribution < -0.4 is 10.5 Å². The smallest absolute Gasteiger partial charge is 0.344 e. The van der Waals surface area contributed by atoms with Crippen LogP contribution in [0.3, 0.4) is 0 Å². The molecule has 0 heterocycles. The Morgan fingerprint density at radius 1 is 1.61 bits per heavy atom. The van der Waals surface area contributed by atoms with E-state index < -0.39 is 17.0 Å². The molecule has 0 radical (unpaired) electrons. The average molecular weight is 319 g/mol. The minimum Gasteiger partial charge on any atom is -0.479 e. The van der Waals surface area contributed by atoms with E-state index in [0.29, 0.717) is 4.47 Å². The van der Waals surface area contributed by atoms with Crippen molar-refractivity contribution in [3.63, 3.8) is 0 Å². The first-order valence-corrected chi connectivity index (χ1v) is 5.78. The highest BCUT2D eigenvalue weighted by Crippen LogP contribution is 2.30. The number of ether oxygens (including phenoxy) is 1. The lowest BCUT2D eigenvalue weighted by Gasteiger charge is -2.15. The summed E-state index contributed by atoms with van der Waals surface area (Å²) in [5.41, 5.74) is 5.10. The van der Waals surface area contributed by atoms with Gasteiger partial charge in [-0.2, -0.15) is 0 Å². The summed E-state index contributed by atoms with van der Waals surface area (Å²) >= 11 is 3.14. The predicted octanol–water partition coefficient (Wildman–Crippen LogP) is 1.54. The Morgan fingerprint density at radius 2 is 2.28 bits per heavy atom. The normalized spacial score (nSPS) is 11.9. The van der Waals surface area contributed by atoms with Gasteiger partial charge in [-0.05, 0) is 28.5 Å². The maximum Gasteiger partial charge on any atom is 0.344 e. The molecule has 0 aliphatic heterocycles. The number of hydrogen-bond donors (Lipinski definition) is 2. The molecule has 1 atom stereocenters. The number of nitrogens with zero attached hydrogens (tertiary/aromatic N) is 1. The van der Waals surface area contributed by atoms with E-state index in [1.165, 1.54) is 12.1 Å². The van der Waals surface area contributed by atoms with Crippen molar-refractivity contribution in [3.8, 4) is 5.75 Å². The van der Waals surface area contributed by atoms with Crippen LogP contribution in [0.1, 0.15) is 6.42 Å². The molecule has 0 aromatic heterocycles. The van der Waals surface area contributed by atoms with Crippen molar-refractivity contribution in [1.82, 2.24) is 0 Å². The summed E-state index contributed by atoms with van der Waals surface area (Å²) in [6, 6.07) is 3.88. The summed E-state index contributed by atoms with van der Waals surface area (Å²) in [6.07, 6.45) is -1.02. The lowest BCUT2D eigenvalue weighted by molar-refractivity contribution is -0.385. The zero-order chi connectivity index (χ0) is 13.7. The van der Waals surface area contributed by atoms with Crippen LogP contribution >= 0.6 is 15.9 Å². The Kier molecular flexibility index (Phi) is 5.05. The third-order valence-corrected chi connectivity index (χ3v) is 2.75. The largest absolute Gasteiger partial charge is 0.479 e. The van der Waals surface area contributed by atoms with Gasteiger partial charge in [0, 0.05) is 12.5 Å². The molecule has 1 aromatic rings. The minimum atomic E-state index is -1.17. The lowest BCUT2D eigenvalue weighted by Crippen LogP contribution is -2.29. The molecule has 0 aliphatic carbocycles. The fourth-order valence-electron chi connectivity index (χ4n) is 1.23. The summed E-state index contributed by atoms with van der Waals surface area (Å²) in [7, 11) is 0. The van der Waals surface area contributed by atoms with E-state index in [-0.39, 0.29) is 24.4 Å². The van der Waals surface area contributed by atoms with Crippen molar-refractivity contribution in [2.75, 3.05) is 6.54 Å². The molecule has 1 unspecified atom stereocenters. The van der Waals surface area contributed by atoms with Gasteiger partial charge in [-0.25, -0.2) is 4.79 Å². The summed E-state index contributed by atoms with van der Waals surface area (Å²) < 4.78 is 5.65. The molecule has 18 heavy (non-hydrogen) atoms. The van der Waals surface area contributed by atoms with Crippen LogP contribution in [0, 0.1) is 10.1 Å². The Bertz CT molecular complexity index is 466. The first kappa shape index (κ1) is 14.4. The monoisotopic (exact) mass is 318 g/mol. The van der Waals surface area contributed by atoms with Gasteiger partial charge >= 0.3 is 5.97 Å². The SMILES string of the molecule is NCCC(Oc1cc([N+](=O)[O-])ccc1Br)C(=O)O. The third kappa shape index (κ3) is 3.67. The van der Waals surface area contributed by atoms with Crippen LogP contribution in [0.15, 0.2) is 22.7 Å². The number of non-ortho nitro benzene ring substituents is 1. The van der Waals surface area contributed by atoms with Crippen LogP contribution in [-0.2, 0) is 4.79 Å². The molecule has 0 saturated carbocycles. The number of carboxylic acid groups (broad SMARTS) is 1. The number of benzene rings is 1. The molecule has 0 amide bonds. The highest BCUT2D eigenvalue weighted by atomic mass is 79.9. The van der Waals surface area contributed by atoms with E-state index in [9.17, 15) is 14.9 Å². The van der Waals surface area contributed by atoms with Crippen LogP contribution in [0.2, 0.25) is 0 Å². The van der Waals surface area contributed by atoms with E-state index >= 15 is 0 Å². The first-order chi connectivity index (χ1) is 8.45. The Labute approximate surface area is 111 Å². The number of nitrogens with two attached hydrogens (primary N) is 1. The molecule has 0 saturated heterocycles. The van der Waals surface area contributed by atoms with Crippen molar-refractivity contribution >= 4 is 27.6 Å². The maximum absolute atomic E-state index is 10.9. The van der Waals surface area contributed by atoms with Crippen molar-refractivity contribution in [1.29, 1.82) is 0 Å². The second-order valence-corrected chi connectivity index (χ2v) is 4.25. The van der Waals surface area contributed by atoms with Crippen molar-refractivity contribution in [2.45, 2.75) is 12.5 Å². The highest BCUT2D eigenvalue weighted by molar-refractivity contribution is 9.10. The molecule has 8 heteroatoms. The summed E-state index contributed by atoms with van der Waals surface area (Å²) in [4.78, 5) is 20.9. The molecule has 1 aromatic carbocycles. The summed E-state index contributed by atoms with van der Waals surface area (Å²) in [5.74, 6) is -1.07. The Balaban J connectivity index is 2.97. The van der Waals surface area contributed by atoms with Crippen LogP contribution in [0.4, 0.5) is 5.69 Å². The number of carboxylic acids is 1. The van der Waals surface area contributed by atoms with Gasteiger partial charge in [0.15, 0.2) is 6.10 Å². The number of aliphatic carboxylic acids is 1. The molecule has 0 bridgehead atoms. The molecule has 0 fully saturated rings. The predicted molar refractivity (Wildman–Crippen MR) is 66.5 cm³/mol. The van der Waals surface area contributed by atoms with E-state index in [1.54, 1.807) is 0 Å². The van der Waals surface area contributed by atoms with E-state index in [0.717, 1.165) is 6.07 Å².